The zero-order valence-electron chi connectivity index (χ0n) is 14.2. The van der Waals surface area contributed by atoms with Gasteiger partial charge in [-0.3, -0.25) is 9.59 Å². The van der Waals surface area contributed by atoms with Crippen LogP contribution in [0.15, 0.2) is 11.6 Å². The summed E-state index contributed by atoms with van der Waals surface area (Å²) in [7, 11) is 4.59. The number of fused-ring (bicyclic) bond motifs is 3. The Balaban J connectivity index is 2.28. The summed E-state index contributed by atoms with van der Waals surface area (Å²) in [6.07, 6.45) is 0.421. The van der Waals surface area contributed by atoms with Gasteiger partial charge in [0, 0.05) is 0 Å². The first kappa shape index (κ1) is 17.4. The van der Waals surface area contributed by atoms with E-state index >= 15 is 0 Å². The molecule has 4 unspecified atom stereocenters. The van der Waals surface area contributed by atoms with Crippen molar-refractivity contribution in [1.29, 1.82) is 0 Å². The van der Waals surface area contributed by atoms with E-state index in [0.717, 1.165) is 28.4 Å². The maximum absolute atomic E-state index is 12.9. The molecular weight excluding hydrogens is 336 g/mol. The molecule has 1 saturated carbocycles. The fraction of sp³-hybridized carbons (Fsp3) is 0.625. The molecule has 1 aliphatic heterocycles. The molecule has 3 aliphatic rings. The summed E-state index contributed by atoms with van der Waals surface area (Å²) in [5.74, 6) is -3.25. The van der Waals surface area contributed by atoms with Crippen molar-refractivity contribution in [3.8, 4) is 0 Å². The largest absolute Gasteiger partial charge is 0.468 e. The number of hydrogen-bond donors (Lipinski definition) is 0. The molecule has 3 rings (SSSR count). The lowest BCUT2D eigenvalue weighted by molar-refractivity contribution is -0.186. The summed E-state index contributed by atoms with van der Waals surface area (Å²) in [6.45, 7) is 0. The zero-order chi connectivity index (χ0) is 18.6. The molecule has 0 radical (unpaired) electrons. The number of methoxy groups -OCH3 is 4. The van der Waals surface area contributed by atoms with Crippen LogP contribution in [0.5, 0.6) is 0 Å². The van der Waals surface area contributed by atoms with Crippen molar-refractivity contribution in [1.82, 2.24) is 0 Å². The molecule has 0 aromatic heterocycles. The van der Waals surface area contributed by atoms with E-state index in [2.05, 4.69) is 0 Å². The molecule has 0 spiro atoms. The molecule has 0 bridgehead atoms. The average molecular weight is 354 g/mol. The van der Waals surface area contributed by atoms with Gasteiger partial charge in [0.05, 0.1) is 34.0 Å². The second-order valence-corrected chi connectivity index (χ2v) is 6.15. The van der Waals surface area contributed by atoms with E-state index in [1.54, 1.807) is 0 Å². The number of carbonyl (C=O) groups is 4. The molecule has 2 fully saturated rings. The third-order valence-electron chi connectivity index (χ3n) is 5.61. The van der Waals surface area contributed by atoms with Gasteiger partial charge in [0.15, 0.2) is 0 Å². The van der Waals surface area contributed by atoms with Crippen molar-refractivity contribution >= 4 is 23.9 Å². The number of ether oxygens (including phenoxy) is 5. The molecule has 0 aromatic rings. The molecule has 25 heavy (non-hydrogen) atoms. The number of allylic oxidation sites excluding steroid dienone is 1. The van der Waals surface area contributed by atoms with Crippen molar-refractivity contribution in [2.45, 2.75) is 24.5 Å². The molecule has 1 heterocycles. The van der Waals surface area contributed by atoms with Crippen LogP contribution in [0.25, 0.3) is 0 Å². The van der Waals surface area contributed by atoms with E-state index < -0.39 is 46.4 Å². The summed E-state index contributed by atoms with van der Waals surface area (Å²) in [4.78, 5) is 50.5. The number of esters is 4. The molecule has 9 heteroatoms. The minimum atomic E-state index is -1.79. The summed E-state index contributed by atoms with van der Waals surface area (Å²) < 4.78 is 25.0. The third kappa shape index (κ3) is 1.61. The van der Waals surface area contributed by atoms with Crippen LogP contribution in [0.4, 0.5) is 0 Å². The van der Waals surface area contributed by atoms with Crippen molar-refractivity contribution in [3.05, 3.63) is 11.6 Å². The Morgan fingerprint density at radius 2 is 1.56 bits per heavy atom. The SMILES string of the molecule is COC(=O)C1=CCC2(C(=O)OC)C1(C(=O)OC)CC1OC12C(=O)OC. The lowest BCUT2D eigenvalue weighted by Gasteiger charge is -2.41. The van der Waals surface area contributed by atoms with Crippen molar-refractivity contribution in [2.24, 2.45) is 10.8 Å². The minimum absolute atomic E-state index is 0.0358. The van der Waals surface area contributed by atoms with Crippen LogP contribution in [-0.2, 0) is 42.9 Å². The molecule has 0 amide bonds. The number of epoxide rings is 1. The molecular formula is C16H18O9. The summed E-state index contributed by atoms with van der Waals surface area (Å²) in [6, 6.07) is 0. The molecule has 1 saturated heterocycles. The summed E-state index contributed by atoms with van der Waals surface area (Å²) >= 11 is 0. The van der Waals surface area contributed by atoms with E-state index in [1.807, 2.05) is 0 Å². The smallest absolute Gasteiger partial charge is 0.342 e. The van der Waals surface area contributed by atoms with Crippen LogP contribution in [0, 0.1) is 10.8 Å². The molecule has 136 valence electrons. The van der Waals surface area contributed by atoms with Crippen LogP contribution in [0.1, 0.15) is 12.8 Å². The predicted molar refractivity (Wildman–Crippen MR) is 77.9 cm³/mol. The molecule has 2 aliphatic carbocycles. The predicted octanol–water partition coefficient (Wildman–Crippen LogP) is -0.477. The topological polar surface area (TPSA) is 118 Å². The van der Waals surface area contributed by atoms with Gasteiger partial charge in [-0.15, -0.1) is 0 Å². The highest BCUT2D eigenvalue weighted by atomic mass is 16.7. The van der Waals surface area contributed by atoms with Gasteiger partial charge in [-0.05, 0) is 12.8 Å². The summed E-state index contributed by atoms with van der Waals surface area (Å²) in [5.41, 5.74) is -5.26. The van der Waals surface area contributed by atoms with Gasteiger partial charge in [0.1, 0.15) is 16.9 Å². The van der Waals surface area contributed by atoms with Crippen LogP contribution in [0.3, 0.4) is 0 Å². The molecule has 0 aromatic carbocycles. The van der Waals surface area contributed by atoms with Crippen molar-refractivity contribution in [3.63, 3.8) is 0 Å². The third-order valence-corrected chi connectivity index (χ3v) is 5.61. The highest BCUT2D eigenvalue weighted by Crippen LogP contribution is 2.76. The van der Waals surface area contributed by atoms with E-state index in [4.69, 9.17) is 23.7 Å². The first-order valence-corrected chi connectivity index (χ1v) is 7.56. The zero-order valence-corrected chi connectivity index (χ0v) is 14.2. The number of carbonyl (C=O) groups excluding carboxylic acids is 4. The average Bonchev–Trinajstić information content (AvgIpc) is 3.15. The molecule has 0 N–H and O–H groups in total. The Bertz CT molecular complexity index is 710. The highest BCUT2D eigenvalue weighted by Gasteiger charge is 2.93. The Kier molecular flexibility index (Phi) is 3.68. The van der Waals surface area contributed by atoms with Gasteiger partial charge in [0.25, 0.3) is 0 Å². The van der Waals surface area contributed by atoms with Gasteiger partial charge in [-0.2, -0.15) is 0 Å². The fourth-order valence-corrected chi connectivity index (χ4v) is 4.61. The Morgan fingerprint density at radius 3 is 2.08 bits per heavy atom. The second-order valence-electron chi connectivity index (χ2n) is 6.15. The second kappa shape index (κ2) is 5.29. The normalized spacial score (nSPS) is 37.3. The van der Waals surface area contributed by atoms with Gasteiger partial charge in [0.2, 0.25) is 5.60 Å². The van der Waals surface area contributed by atoms with E-state index in [0.29, 0.717) is 0 Å². The number of hydrogen-bond acceptors (Lipinski definition) is 9. The van der Waals surface area contributed by atoms with Gasteiger partial charge in [-0.25, -0.2) is 9.59 Å². The maximum Gasteiger partial charge on any atom is 0.342 e. The molecule has 4 atom stereocenters. The fourth-order valence-electron chi connectivity index (χ4n) is 4.61. The minimum Gasteiger partial charge on any atom is -0.468 e. The van der Waals surface area contributed by atoms with Crippen molar-refractivity contribution < 1.29 is 42.9 Å². The van der Waals surface area contributed by atoms with E-state index in [9.17, 15) is 19.2 Å². The first-order valence-electron chi connectivity index (χ1n) is 7.56. The Labute approximate surface area is 143 Å². The van der Waals surface area contributed by atoms with E-state index in [1.165, 1.54) is 6.08 Å². The van der Waals surface area contributed by atoms with Gasteiger partial charge < -0.3 is 23.7 Å². The quantitative estimate of drug-likeness (QED) is 0.375. The van der Waals surface area contributed by atoms with Gasteiger partial charge in [-0.1, -0.05) is 6.08 Å². The monoisotopic (exact) mass is 354 g/mol. The highest BCUT2D eigenvalue weighted by molar-refractivity contribution is 6.09. The molecule has 9 nitrogen and oxygen atoms in total. The van der Waals surface area contributed by atoms with Crippen LogP contribution < -0.4 is 0 Å². The standard InChI is InChI=1S/C16H18O9/c1-21-10(17)8-5-6-15(12(19)23-3)14(8,11(18)22-2)7-9-16(15,25-9)13(20)24-4/h5,9H,6-7H2,1-4H3. The van der Waals surface area contributed by atoms with Crippen LogP contribution in [-0.4, -0.2) is 64.0 Å². The lowest BCUT2D eigenvalue weighted by atomic mass is 9.60. The number of rotatable bonds is 4. The Morgan fingerprint density at radius 1 is 0.960 bits per heavy atom. The van der Waals surface area contributed by atoms with Crippen molar-refractivity contribution in [2.75, 3.05) is 28.4 Å². The maximum atomic E-state index is 12.9. The first-order chi connectivity index (χ1) is 11.8. The van der Waals surface area contributed by atoms with Crippen LogP contribution >= 0.6 is 0 Å². The van der Waals surface area contributed by atoms with E-state index in [-0.39, 0.29) is 18.4 Å². The van der Waals surface area contributed by atoms with Crippen LogP contribution in [0.2, 0.25) is 0 Å². The van der Waals surface area contributed by atoms with Gasteiger partial charge >= 0.3 is 23.9 Å². The lowest BCUT2D eigenvalue weighted by Crippen LogP contribution is -2.59. The Hall–Kier alpha value is -2.42. The summed E-state index contributed by atoms with van der Waals surface area (Å²) in [5, 5.41) is 0.